The maximum atomic E-state index is 8.60. The van der Waals surface area contributed by atoms with Crippen LogP contribution < -0.4 is 5.32 Å². The van der Waals surface area contributed by atoms with Crippen molar-refractivity contribution in [1.82, 2.24) is 4.98 Å². The van der Waals surface area contributed by atoms with E-state index in [2.05, 4.69) is 10.3 Å². The van der Waals surface area contributed by atoms with Crippen molar-refractivity contribution in [3.63, 3.8) is 0 Å². The zero-order valence-electron chi connectivity index (χ0n) is 9.15. The van der Waals surface area contributed by atoms with Crippen LogP contribution in [0.5, 0.6) is 0 Å². The van der Waals surface area contributed by atoms with Gasteiger partial charge in [0.25, 0.3) is 0 Å². The quantitative estimate of drug-likeness (QED) is 0.837. The predicted octanol–water partition coefficient (Wildman–Crippen LogP) is 1.93. The number of anilines is 1. The summed E-state index contributed by atoms with van der Waals surface area (Å²) in [6.07, 6.45) is 5.49. The van der Waals surface area contributed by atoms with Crippen LogP contribution in [0, 0.1) is 11.3 Å². The van der Waals surface area contributed by atoms with Gasteiger partial charge in [0, 0.05) is 13.2 Å². The zero-order chi connectivity index (χ0) is 11.2. The van der Waals surface area contributed by atoms with E-state index in [0.29, 0.717) is 11.8 Å². The van der Waals surface area contributed by atoms with E-state index in [0.717, 1.165) is 25.3 Å². The molecule has 1 fully saturated rings. The number of nitriles is 1. The highest BCUT2D eigenvalue weighted by Crippen LogP contribution is 2.15. The van der Waals surface area contributed by atoms with Crippen LogP contribution in [0.15, 0.2) is 18.3 Å². The minimum absolute atomic E-state index is 0.416. The molecule has 1 saturated heterocycles. The number of rotatable bonds is 4. The highest BCUT2D eigenvalue weighted by molar-refractivity contribution is 5.42. The first-order valence-electron chi connectivity index (χ1n) is 5.60. The lowest BCUT2D eigenvalue weighted by molar-refractivity contribution is 0.107. The van der Waals surface area contributed by atoms with Crippen LogP contribution in [0.25, 0.3) is 0 Å². The third-order valence-corrected chi connectivity index (χ3v) is 2.70. The van der Waals surface area contributed by atoms with Gasteiger partial charge in [0.2, 0.25) is 0 Å². The molecule has 4 nitrogen and oxygen atoms in total. The summed E-state index contributed by atoms with van der Waals surface area (Å²) in [7, 11) is 0. The molecular formula is C12H15N3O. The predicted molar refractivity (Wildman–Crippen MR) is 61.0 cm³/mol. The lowest BCUT2D eigenvalue weighted by Crippen LogP contribution is -2.12. The Kier molecular flexibility index (Phi) is 3.73. The summed E-state index contributed by atoms with van der Waals surface area (Å²) in [4.78, 5) is 3.99. The maximum Gasteiger partial charge on any atom is 0.140 e. The van der Waals surface area contributed by atoms with Gasteiger partial charge in [-0.15, -0.1) is 0 Å². The number of hydrogen-bond acceptors (Lipinski definition) is 4. The average Bonchev–Trinajstić information content (AvgIpc) is 2.83. The van der Waals surface area contributed by atoms with Crippen LogP contribution in [0.4, 0.5) is 5.69 Å². The van der Waals surface area contributed by atoms with Gasteiger partial charge < -0.3 is 10.1 Å². The third kappa shape index (κ3) is 2.94. The van der Waals surface area contributed by atoms with E-state index in [1.165, 1.54) is 12.8 Å². The smallest absolute Gasteiger partial charge is 0.140 e. The number of aromatic nitrogens is 1. The summed E-state index contributed by atoms with van der Waals surface area (Å²) < 4.78 is 5.53. The van der Waals surface area contributed by atoms with Gasteiger partial charge in [-0.1, -0.05) is 0 Å². The van der Waals surface area contributed by atoms with Gasteiger partial charge in [-0.25, -0.2) is 4.98 Å². The Bertz CT molecular complexity index is 363. The van der Waals surface area contributed by atoms with E-state index in [9.17, 15) is 0 Å². The van der Waals surface area contributed by atoms with Crippen LogP contribution in [0.2, 0.25) is 0 Å². The lowest BCUT2D eigenvalue weighted by atomic mass is 10.2. The molecule has 0 aromatic carbocycles. The Morgan fingerprint density at radius 1 is 1.56 bits per heavy atom. The lowest BCUT2D eigenvalue weighted by Gasteiger charge is -2.10. The Morgan fingerprint density at radius 3 is 3.12 bits per heavy atom. The summed E-state index contributed by atoms with van der Waals surface area (Å²) in [5, 5.41) is 11.9. The van der Waals surface area contributed by atoms with Crippen LogP contribution in [-0.2, 0) is 4.74 Å². The first kappa shape index (κ1) is 10.9. The Hall–Kier alpha value is -1.60. The molecule has 1 unspecified atom stereocenters. The molecule has 4 heteroatoms. The van der Waals surface area contributed by atoms with E-state index in [1.807, 2.05) is 12.1 Å². The van der Waals surface area contributed by atoms with Crippen LogP contribution >= 0.6 is 0 Å². The highest BCUT2D eigenvalue weighted by atomic mass is 16.5. The number of nitrogens with zero attached hydrogens (tertiary/aromatic N) is 2. The van der Waals surface area contributed by atoms with E-state index in [4.69, 9.17) is 10.00 Å². The summed E-state index contributed by atoms with van der Waals surface area (Å²) in [5.74, 6) is 0. The van der Waals surface area contributed by atoms with Crippen LogP contribution in [0.3, 0.4) is 0 Å². The Morgan fingerprint density at radius 2 is 2.50 bits per heavy atom. The second kappa shape index (κ2) is 5.47. The van der Waals surface area contributed by atoms with Gasteiger partial charge in [-0.3, -0.25) is 0 Å². The Balaban J connectivity index is 1.74. The monoisotopic (exact) mass is 217 g/mol. The van der Waals surface area contributed by atoms with Crippen LogP contribution in [0.1, 0.15) is 25.0 Å². The van der Waals surface area contributed by atoms with Crippen molar-refractivity contribution in [3.05, 3.63) is 24.0 Å². The fraction of sp³-hybridized carbons (Fsp3) is 0.500. The van der Waals surface area contributed by atoms with E-state index in [1.54, 1.807) is 12.3 Å². The van der Waals surface area contributed by atoms with Gasteiger partial charge in [-0.2, -0.15) is 5.26 Å². The molecule has 84 valence electrons. The van der Waals surface area contributed by atoms with Gasteiger partial charge in [0.15, 0.2) is 0 Å². The summed E-state index contributed by atoms with van der Waals surface area (Å²) in [6, 6.07) is 5.59. The molecule has 0 radical (unpaired) electrons. The molecule has 2 rings (SSSR count). The molecule has 0 spiro atoms. The van der Waals surface area contributed by atoms with Gasteiger partial charge >= 0.3 is 0 Å². The summed E-state index contributed by atoms with van der Waals surface area (Å²) >= 11 is 0. The second-order valence-electron chi connectivity index (χ2n) is 3.89. The number of nitrogens with one attached hydrogen (secondary N) is 1. The first-order chi connectivity index (χ1) is 7.88. The third-order valence-electron chi connectivity index (χ3n) is 2.70. The molecule has 0 saturated carbocycles. The van der Waals surface area contributed by atoms with Crippen molar-refractivity contribution in [2.45, 2.75) is 25.4 Å². The summed E-state index contributed by atoms with van der Waals surface area (Å²) in [6.45, 7) is 1.79. The minimum Gasteiger partial charge on any atom is -0.384 e. The van der Waals surface area contributed by atoms with Crippen molar-refractivity contribution >= 4 is 5.69 Å². The normalized spacial score (nSPS) is 19.3. The highest BCUT2D eigenvalue weighted by Gasteiger charge is 2.14. The van der Waals surface area contributed by atoms with Crippen molar-refractivity contribution in [2.75, 3.05) is 18.5 Å². The first-order valence-corrected chi connectivity index (χ1v) is 5.60. The largest absolute Gasteiger partial charge is 0.384 e. The Labute approximate surface area is 95.3 Å². The molecule has 1 N–H and O–H groups in total. The second-order valence-corrected chi connectivity index (χ2v) is 3.89. The molecule has 2 heterocycles. The topological polar surface area (TPSA) is 57.9 Å². The van der Waals surface area contributed by atoms with Gasteiger partial charge in [-0.05, 0) is 31.4 Å². The van der Waals surface area contributed by atoms with Gasteiger partial charge in [0.1, 0.15) is 11.8 Å². The molecule has 1 aromatic rings. The molecular weight excluding hydrogens is 202 g/mol. The van der Waals surface area contributed by atoms with Crippen LogP contribution in [-0.4, -0.2) is 24.2 Å². The van der Waals surface area contributed by atoms with Crippen molar-refractivity contribution in [3.8, 4) is 6.07 Å². The molecule has 1 aliphatic heterocycles. The molecule has 1 aromatic heterocycles. The number of ether oxygens (including phenoxy) is 1. The fourth-order valence-electron chi connectivity index (χ4n) is 1.81. The van der Waals surface area contributed by atoms with Crippen molar-refractivity contribution in [1.29, 1.82) is 5.26 Å². The van der Waals surface area contributed by atoms with E-state index < -0.39 is 0 Å². The van der Waals surface area contributed by atoms with Crippen molar-refractivity contribution in [2.24, 2.45) is 0 Å². The molecule has 16 heavy (non-hydrogen) atoms. The summed E-state index contributed by atoms with van der Waals surface area (Å²) in [5.41, 5.74) is 1.40. The number of hydrogen-bond donors (Lipinski definition) is 1. The maximum absolute atomic E-state index is 8.60. The minimum atomic E-state index is 0.416. The molecule has 1 atom stereocenters. The molecule has 0 amide bonds. The van der Waals surface area contributed by atoms with Gasteiger partial charge in [0.05, 0.1) is 18.0 Å². The molecule has 1 aliphatic rings. The zero-order valence-corrected chi connectivity index (χ0v) is 9.15. The standard InChI is InChI=1S/C12H15N3O/c13-8-10-3-4-11(9-15-10)14-6-5-12-2-1-7-16-12/h3-4,9,12,14H,1-2,5-7H2. The fourth-order valence-corrected chi connectivity index (χ4v) is 1.81. The SMILES string of the molecule is N#Cc1ccc(NCCC2CCCO2)cn1. The number of pyridine rings is 1. The van der Waals surface area contributed by atoms with E-state index in [-0.39, 0.29) is 0 Å². The molecule has 0 aliphatic carbocycles. The van der Waals surface area contributed by atoms with E-state index >= 15 is 0 Å². The molecule has 0 bridgehead atoms. The average molecular weight is 217 g/mol. The van der Waals surface area contributed by atoms with Crippen molar-refractivity contribution < 1.29 is 4.74 Å².